The molecule has 1 amide bonds. The first-order valence-corrected chi connectivity index (χ1v) is 44.1. The number of aliphatic imine (C=N–C) groups is 3. The number of allylic oxidation sites excluding steroid dienone is 11. The normalized spacial score (nSPS) is 24.2. The minimum Gasteiger partial charge on any atom is -0.481 e. The summed E-state index contributed by atoms with van der Waals surface area (Å²) in [7, 11) is 8.94. The van der Waals surface area contributed by atoms with Gasteiger partial charge in [-0.1, -0.05) is 65.1 Å². The molecule has 4 aromatic rings. The van der Waals surface area contributed by atoms with Crippen molar-refractivity contribution in [3.63, 3.8) is 0 Å². The molecule has 11 rings (SSSR count). The van der Waals surface area contributed by atoms with Gasteiger partial charge < -0.3 is 73.1 Å². The number of esters is 8. The number of carbonyl (C=O) groups is 10. The van der Waals surface area contributed by atoms with E-state index in [-0.39, 0.29) is 154 Å². The molecule has 16 bridgehead atoms. The zero-order valence-electron chi connectivity index (χ0n) is 78.3. The van der Waals surface area contributed by atoms with Gasteiger partial charge in [-0.2, -0.15) is 0 Å². The Morgan fingerprint density at radius 1 is 0.523 bits per heavy atom. The highest BCUT2D eigenvalue weighted by molar-refractivity contribution is 6.13. The average molecular weight is 1790 g/mol. The van der Waals surface area contributed by atoms with Crippen molar-refractivity contribution in [2.24, 2.45) is 60.3 Å². The molecule has 1 unspecified atom stereocenters. The summed E-state index contributed by atoms with van der Waals surface area (Å²) in [6, 6.07) is 6.96. The van der Waals surface area contributed by atoms with Gasteiger partial charge in [0.05, 0.1) is 165 Å². The first-order chi connectivity index (χ1) is 61.8. The summed E-state index contributed by atoms with van der Waals surface area (Å²) in [4.78, 5) is 173. The van der Waals surface area contributed by atoms with E-state index in [1.165, 1.54) is 49.8 Å². The highest BCUT2D eigenvalue weighted by Gasteiger charge is 2.67. The number of carboxylic acid groups (broad SMARTS) is 1. The smallest absolute Gasteiger partial charge is 0.306 e. The van der Waals surface area contributed by atoms with Crippen molar-refractivity contribution >= 4 is 127 Å². The summed E-state index contributed by atoms with van der Waals surface area (Å²) in [5.74, 6) is -9.16. The van der Waals surface area contributed by atoms with E-state index in [2.05, 4.69) is 44.1 Å². The molecule has 11 heterocycles. The Hall–Kier alpha value is -12.1. The Morgan fingerprint density at radius 2 is 1.08 bits per heavy atom. The van der Waals surface area contributed by atoms with Gasteiger partial charge >= 0.3 is 53.7 Å². The Kier molecular flexibility index (Phi) is 31.3. The maximum Gasteiger partial charge on any atom is 0.306 e. The third kappa shape index (κ3) is 20.2. The van der Waals surface area contributed by atoms with E-state index in [0.29, 0.717) is 74.4 Å². The van der Waals surface area contributed by atoms with E-state index in [1.807, 2.05) is 107 Å². The van der Waals surface area contributed by atoms with Crippen LogP contribution in [0.2, 0.25) is 0 Å². The van der Waals surface area contributed by atoms with E-state index < -0.39 is 117 Å². The lowest BCUT2D eigenvalue weighted by Gasteiger charge is -2.48. The van der Waals surface area contributed by atoms with Crippen molar-refractivity contribution in [2.45, 2.75) is 210 Å². The average Bonchev–Trinajstić information content (AvgIpc) is 1.52. The molecule has 0 radical (unpaired) electrons. The Bertz CT molecular complexity index is 5650. The summed E-state index contributed by atoms with van der Waals surface area (Å²) in [6.45, 7) is 32.3. The van der Waals surface area contributed by atoms with Gasteiger partial charge in [-0.05, 0) is 156 Å². The van der Waals surface area contributed by atoms with Crippen molar-refractivity contribution in [3.05, 3.63) is 134 Å². The van der Waals surface area contributed by atoms with Gasteiger partial charge in [-0.25, -0.2) is 14.6 Å². The lowest BCUT2D eigenvalue weighted by atomic mass is 9.56. The van der Waals surface area contributed by atoms with Gasteiger partial charge in [0.15, 0.2) is 0 Å². The number of nitrogens with zero attached hydrogens (tertiary/aromatic N) is 8. The number of aromatic amines is 2. The van der Waals surface area contributed by atoms with Gasteiger partial charge in [0.1, 0.15) is 6.61 Å². The SMILES string of the molecule is C=CC1=C(C)c2cc3[nH]c(cc4nc(cc5[nH]c(cc1n2)c(C)c5CCC(=O)OCCOCCOCCn1cc(CCC(=O)N/C2=C5N=C(/C(C)=C6\NC([C@H](CC(=O)OC)[C@@]6(C)CCC(=O)OC)[C@]6(C)N=C(/C(C)=C7N=C2[C@@H](CCC(=O)OC)[C@]\7(C)CC(=O)OC)[C@@H](CCC(=O)OC)[C@]6(C)CC(=O)OC)[C@@H](CCC(=O)OC)C/5(C)C)nn1)C(CCC(=O)O)=C4C)c(C)c3C=C. The van der Waals surface area contributed by atoms with Crippen molar-refractivity contribution in [1.29, 1.82) is 0 Å². The zero-order valence-corrected chi connectivity index (χ0v) is 78.3. The van der Waals surface area contributed by atoms with Gasteiger partial charge in [-0.15, -0.1) is 5.10 Å². The molecule has 4 aromatic heterocycles. The molecule has 5 N–H and O–H groups in total. The molecule has 0 saturated carbocycles. The second-order valence-electron chi connectivity index (χ2n) is 35.7. The zero-order chi connectivity index (χ0) is 94.8. The molecule has 7 aliphatic heterocycles. The first-order valence-electron chi connectivity index (χ1n) is 44.1. The van der Waals surface area contributed by atoms with E-state index in [4.69, 9.17) is 72.3 Å². The molecule has 0 spiro atoms. The third-order valence-electron chi connectivity index (χ3n) is 28.0. The third-order valence-corrected chi connectivity index (χ3v) is 28.0. The molecule has 33 nitrogen and oxygen atoms in total. The van der Waals surface area contributed by atoms with Gasteiger partial charge in [0.25, 0.3) is 0 Å². The van der Waals surface area contributed by atoms with Gasteiger partial charge in [0.2, 0.25) is 5.91 Å². The van der Waals surface area contributed by atoms with Crippen LogP contribution in [0.25, 0.3) is 50.4 Å². The molecule has 0 aromatic carbocycles. The molecule has 1 fully saturated rings. The van der Waals surface area contributed by atoms with Crippen LogP contribution < -0.4 is 10.6 Å². The monoisotopic (exact) mass is 1790 g/mol. The number of nitrogens with one attached hydrogen (secondary N) is 4. The largest absolute Gasteiger partial charge is 0.481 e. The van der Waals surface area contributed by atoms with E-state index in [9.17, 15) is 48.3 Å². The molecular formula is C97H124N12O21. The topological polar surface area (TPSA) is 432 Å². The molecule has 33 heteroatoms. The molecule has 130 heavy (non-hydrogen) atoms. The summed E-state index contributed by atoms with van der Waals surface area (Å²) in [5, 5.41) is 25.8. The molecule has 0 aliphatic carbocycles. The number of hydrogen-bond acceptors (Lipinski definition) is 28. The summed E-state index contributed by atoms with van der Waals surface area (Å²) in [6.07, 6.45) is 4.53. The number of H-pyrrole nitrogens is 2. The van der Waals surface area contributed by atoms with Crippen LogP contribution in [0.1, 0.15) is 216 Å². The minimum atomic E-state index is -1.48. The van der Waals surface area contributed by atoms with Crippen molar-refractivity contribution in [1.82, 2.24) is 45.6 Å². The van der Waals surface area contributed by atoms with Crippen LogP contribution in [-0.4, -0.2) is 211 Å². The molecular weight excluding hydrogens is 1670 g/mol. The molecule has 7 aliphatic rings. The predicted octanol–water partition coefficient (Wildman–Crippen LogP) is 13.2. The number of fused-ring (bicyclic) bond motifs is 14. The minimum absolute atomic E-state index is 0.0131. The summed E-state index contributed by atoms with van der Waals surface area (Å²) >= 11 is 0. The standard InChI is InChI=1S/C97H124N12O21/c1-22-59-52(3)67-45-68-54(5)61(25-31-76(111)112)73(100-68)48-74-62(55(6)70(101-74)47-72-60(23-2)53(4)69(99-72)46-71(59)98-67)26-32-81(117)130-43-42-129-41-40-128-39-38-109-51-58(107-108-109)24-30-75(110)102-88-87-64(28-34-78(114)122-16)95(12,49-83(119)126-20)90(104-87)57(8)86-65(29-35-79(115)123-17)96(13,50-84(120)127-21)97(14,106-86)91-66(44-82(118)125-19)94(11,37-36-80(116)124-18)89(105-91)56(7)85-63(27-33-77(113)121-15)93(9,10)92(88)103-85/h22-23,45-48,51,63-66,91,98,101,105H,1-2,24-44,49-50H2,3-21H3,(H,102,110)(H,111,112)/b67-45?,68-45?,69-46?,70-47?,71-46?,72-47?,73-48?,74-48?,89-56-,90-57-,92-88+/t63-,64-,65-,66+,91?,94-,95+,96+,97+/m1/s1. The van der Waals surface area contributed by atoms with E-state index in [0.717, 1.165) is 66.8 Å². The van der Waals surface area contributed by atoms with Crippen LogP contribution in [0, 0.1) is 59.2 Å². The maximum absolute atomic E-state index is 15.5. The Labute approximate surface area is 757 Å². The number of carbonyl (C=O) groups excluding carboxylic acids is 9. The number of rotatable bonds is 39. The highest BCUT2D eigenvalue weighted by Crippen LogP contribution is 2.63. The first kappa shape index (κ1) is 98.5. The van der Waals surface area contributed by atoms with Crippen LogP contribution in [0.15, 0.2) is 98.6 Å². The number of aryl methyl sites for hydroxylation is 4. The number of carboxylic acids is 1. The Morgan fingerprint density at radius 3 is 1.72 bits per heavy atom. The van der Waals surface area contributed by atoms with Crippen LogP contribution >= 0.6 is 0 Å². The lowest BCUT2D eigenvalue weighted by Crippen LogP contribution is -2.58. The summed E-state index contributed by atoms with van der Waals surface area (Å²) < 4.78 is 56.7. The van der Waals surface area contributed by atoms with Crippen LogP contribution in [0.3, 0.4) is 0 Å². The van der Waals surface area contributed by atoms with Crippen LogP contribution in [-0.2, 0) is 115 Å². The molecule has 9 atom stereocenters. The molecule has 698 valence electrons. The number of amides is 1. The van der Waals surface area contributed by atoms with E-state index >= 15 is 4.79 Å². The fourth-order valence-corrected chi connectivity index (χ4v) is 20.2. The number of aromatic nitrogens is 7. The lowest BCUT2D eigenvalue weighted by molar-refractivity contribution is -0.147. The van der Waals surface area contributed by atoms with Crippen molar-refractivity contribution in [3.8, 4) is 0 Å². The molecule has 1 saturated heterocycles. The number of ether oxygens (including phenoxy) is 10. The quantitative estimate of drug-likeness (QED) is 0.0157. The fourth-order valence-electron chi connectivity index (χ4n) is 20.2. The Balaban J connectivity index is 0.847. The van der Waals surface area contributed by atoms with Crippen LogP contribution in [0.5, 0.6) is 0 Å². The van der Waals surface area contributed by atoms with Gasteiger partial charge in [-0.3, -0.25) is 62.9 Å². The number of methoxy groups -OCH3 is 7. The maximum atomic E-state index is 15.5. The van der Waals surface area contributed by atoms with E-state index in [1.54, 1.807) is 23.9 Å². The van der Waals surface area contributed by atoms with Gasteiger partial charge in [0, 0.05) is 153 Å². The predicted molar refractivity (Wildman–Crippen MR) is 487 cm³/mol. The number of hydrogen-bond donors (Lipinski definition) is 5. The van der Waals surface area contributed by atoms with Crippen molar-refractivity contribution in [2.75, 3.05) is 82.8 Å². The number of aliphatic carboxylic acids is 1. The van der Waals surface area contributed by atoms with Crippen molar-refractivity contribution < 1.29 is 100 Å². The van der Waals surface area contributed by atoms with Crippen LogP contribution in [0.4, 0.5) is 0 Å². The highest BCUT2D eigenvalue weighted by atomic mass is 16.6. The second kappa shape index (κ2) is 41.3. The second-order valence-corrected chi connectivity index (χ2v) is 35.7. The fraction of sp³-hybridized carbons (Fsp3) is 0.536. The summed E-state index contributed by atoms with van der Waals surface area (Å²) in [5.41, 5.74) is 10.2.